The third-order valence-corrected chi connectivity index (χ3v) is 6.83. The highest BCUT2D eigenvalue weighted by Gasteiger charge is 2.42. The Hall–Kier alpha value is -1.42. The number of carbonyl (C=O) groups is 1. The molecule has 0 spiro atoms. The fourth-order valence-electron chi connectivity index (χ4n) is 3.11. The molecule has 9 heteroatoms. The molecule has 0 aromatic carbocycles. The van der Waals surface area contributed by atoms with Crippen molar-refractivity contribution in [3.8, 4) is 0 Å². The fourth-order valence-corrected chi connectivity index (χ4v) is 5.00. The molecule has 134 valence electrons. The lowest BCUT2D eigenvalue weighted by molar-refractivity contribution is -0.138. The molecular formula is C16H20N4O3S2. The van der Waals surface area contributed by atoms with Crippen molar-refractivity contribution in [2.45, 2.75) is 37.5 Å². The van der Waals surface area contributed by atoms with Crippen molar-refractivity contribution >= 4 is 34.5 Å². The number of ether oxygens (including phenoxy) is 1. The van der Waals surface area contributed by atoms with E-state index in [1.807, 2.05) is 10.3 Å². The molecule has 25 heavy (non-hydrogen) atoms. The van der Waals surface area contributed by atoms with Crippen LogP contribution in [0.15, 0.2) is 27.8 Å². The van der Waals surface area contributed by atoms with Crippen LogP contribution in [0.3, 0.4) is 0 Å². The molecule has 1 saturated heterocycles. The van der Waals surface area contributed by atoms with Crippen LogP contribution in [0.1, 0.15) is 31.2 Å². The summed E-state index contributed by atoms with van der Waals surface area (Å²) in [5.74, 6) is 0.480. The van der Waals surface area contributed by atoms with E-state index in [1.165, 1.54) is 11.3 Å². The van der Waals surface area contributed by atoms with Crippen LogP contribution in [0, 0.1) is 0 Å². The molecule has 1 aromatic heterocycles. The summed E-state index contributed by atoms with van der Waals surface area (Å²) in [5.41, 5.74) is 1.52. The second-order valence-electron chi connectivity index (χ2n) is 6.25. The maximum absolute atomic E-state index is 12.3. The number of nitrogens with one attached hydrogen (secondary N) is 1. The Bertz CT molecular complexity index is 715. The summed E-state index contributed by atoms with van der Waals surface area (Å²) < 4.78 is 20.6. The first kappa shape index (κ1) is 17.0. The molecule has 7 nitrogen and oxygen atoms in total. The lowest BCUT2D eigenvalue weighted by Crippen LogP contribution is -2.40. The number of aromatic nitrogens is 1. The molecule has 1 aromatic rings. The van der Waals surface area contributed by atoms with E-state index in [9.17, 15) is 9.35 Å². The SMILES string of the molecule is CCOC(=O)C1=C2CC(N[S+]([O-])C3CC3)CN2C(c2nccs2)=NC1. The number of carbonyl (C=O) groups excluding carboxylic acids is 1. The summed E-state index contributed by atoms with van der Waals surface area (Å²) in [6.45, 7) is 3.07. The number of hydrogen-bond donors (Lipinski definition) is 1. The molecule has 2 atom stereocenters. The minimum atomic E-state index is -1.01. The van der Waals surface area contributed by atoms with Gasteiger partial charge in [-0.25, -0.2) is 9.78 Å². The summed E-state index contributed by atoms with van der Waals surface area (Å²) in [7, 11) is 0. The smallest absolute Gasteiger partial charge is 0.337 e. The van der Waals surface area contributed by atoms with E-state index in [0.717, 1.165) is 29.4 Å². The summed E-state index contributed by atoms with van der Waals surface area (Å²) in [5, 5.41) is 3.03. The van der Waals surface area contributed by atoms with Crippen molar-refractivity contribution < 1.29 is 14.1 Å². The van der Waals surface area contributed by atoms with E-state index in [1.54, 1.807) is 13.1 Å². The Morgan fingerprint density at radius 1 is 1.56 bits per heavy atom. The van der Waals surface area contributed by atoms with Gasteiger partial charge in [-0.2, -0.15) is 0 Å². The van der Waals surface area contributed by atoms with Gasteiger partial charge in [-0.1, -0.05) is 0 Å². The molecule has 3 aliphatic rings. The molecule has 2 fully saturated rings. The Kier molecular flexibility index (Phi) is 4.81. The number of nitrogens with zero attached hydrogens (tertiary/aromatic N) is 3. The number of aliphatic imine (C=N–C) groups is 1. The second kappa shape index (κ2) is 7.06. The molecule has 0 bridgehead atoms. The summed E-state index contributed by atoms with van der Waals surface area (Å²) >= 11 is 0.520. The first-order valence-electron chi connectivity index (χ1n) is 8.45. The standard InChI is InChI=1S/C16H20N4O3S2/c1-2-23-16(21)12-8-18-14(15-17-5-6-24-15)20-9-10(7-13(12)20)19-25(22)11-3-4-11/h5-6,10-11,19H,2-4,7-9H2,1H3. The zero-order chi connectivity index (χ0) is 17.4. The predicted octanol–water partition coefficient (Wildman–Crippen LogP) is 1.21. The number of rotatable bonds is 6. The first-order chi connectivity index (χ1) is 12.2. The molecule has 1 N–H and O–H groups in total. The molecule has 2 aliphatic heterocycles. The largest absolute Gasteiger partial charge is 0.598 e. The second-order valence-corrected chi connectivity index (χ2v) is 8.64. The molecule has 0 amide bonds. The molecule has 0 radical (unpaired) electrons. The Labute approximate surface area is 153 Å². The average molecular weight is 380 g/mol. The molecular weight excluding hydrogens is 360 g/mol. The third kappa shape index (κ3) is 3.46. The minimum absolute atomic E-state index is 0.0316. The van der Waals surface area contributed by atoms with E-state index in [2.05, 4.69) is 14.7 Å². The van der Waals surface area contributed by atoms with E-state index in [-0.39, 0.29) is 17.3 Å². The normalized spacial score (nSPS) is 24.2. The van der Waals surface area contributed by atoms with Gasteiger partial charge in [-0.05, 0) is 6.92 Å². The van der Waals surface area contributed by atoms with E-state index >= 15 is 0 Å². The van der Waals surface area contributed by atoms with Gasteiger partial charge >= 0.3 is 5.97 Å². The van der Waals surface area contributed by atoms with Gasteiger partial charge in [0.2, 0.25) is 0 Å². The van der Waals surface area contributed by atoms with Crippen molar-refractivity contribution in [2.24, 2.45) is 4.99 Å². The summed E-state index contributed by atoms with van der Waals surface area (Å²) in [6.07, 6.45) is 4.45. The number of thiazole rings is 1. The van der Waals surface area contributed by atoms with Gasteiger partial charge in [-0.3, -0.25) is 4.99 Å². The molecule has 2 unspecified atom stereocenters. The van der Waals surface area contributed by atoms with Gasteiger partial charge in [0.15, 0.2) is 10.8 Å². The zero-order valence-electron chi connectivity index (χ0n) is 13.9. The van der Waals surface area contributed by atoms with Crippen LogP contribution in [0.2, 0.25) is 0 Å². The quantitative estimate of drug-likeness (QED) is 0.589. The van der Waals surface area contributed by atoms with Crippen LogP contribution in [0.25, 0.3) is 0 Å². The maximum atomic E-state index is 12.3. The van der Waals surface area contributed by atoms with Crippen molar-refractivity contribution in [1.29, 1.82) is 0 Å². The van der Waals surface area contributed by atoms with Gasteiger partial charge < -0.3 is 14.2 Å². The van der Waals surface area contributed by atoms with Crippen LogP contribution < -0.4 is 4.72 Å². The van der Waals surface area contributed by atoms with Crippen molar-refractivity contribution in [3.05, 3.63) is 27.9 Å². The van der Waals surface area contributed by atoms with Gasteiger partial charge in [0.05, 0.1) is 24.8 Å². The van der Waals surface area contributed by atoms with Gasteiger partial charge in [-0.15, -0.1) is 16.1 Å². The zero-order valence-corrected chi connectivity index (χ0v) is 15.6. The van der Waals surface area contributed by atoms with Gasteiger partial charge in [0.1, 0.15) is 5.25 Å². The lowest BCUT2D eigenvalue weighted by atomic mass is 10.1. The highest BCUT2D eigenvalue weighted by Crippen LogP contribution is 2.33. The van der Waals surface area contributed by atoms with Crippen molar-refractivity contribution in [1.82, 2.24) is 14.6 Å². The summed E-state index contributed by atoms with van der Waals surface area (Å²) in [6, 6.07) is 0.0316. The van der Waals surface area contributed by atoms with Crippen LogP contribution in [-0.4, -0.2) is 57.2 Å². The fraction of sp³-hybridized carbons (Fsp3) is 0.562. The Morgan fingerprint density at radius 2 is 2.40 bits per heavy atom. The number of hydrogen-bond acceptors (Lipinski definition) is 8. The molecule has 3 heterocycles. The minimum Gasteiger partial charge on any atom is -0.598 e. The monoisotopic (exact) mass is 380 g/mol. The van der Waals surface area contributed by atoms with Crippen LogP contribution >= 0.6 is 11.3 Å². The summed E-state index contributed by atoms with van der Waals surface area (Å²) in [4.78, 5) is 23.3. The average Bonchev–Trinajstić information content (AvgIpc) is 3.15. The lowest BCUT2D eigenvalue weighted by Gasteiger charge is -2.26. The van der Waals surface area contributed by atoms with Gasteiger partial charge in [0.25, 0.3) is 0 Å². The highest BCUT2D eigenvalue weighted by atomic mass is 32.2. The maximum Gasteiger partial charge on any atom is 0.337 e. The number of esters is 1. The first-order valence-corrected chi connectivity index (χ1v) is 10.5. The van der Waals surface area contributed by atoms with E-state index in [0.29, 0.717) is 31.7 Å². The number of fused-ring (bicyclic) bond motifs is 1. The Morgan fingerprint density at radius 3 is 3.08 bits per heavy atom. The van der Waals surface area contributed by atoms with Crippen molar-refractivity contribution in [2.75, 3.05) is 19.7 Å². The van der Waals surface area contributed by atoms with Gasteiger partial charge in [0, 0.05) is 54.4 Å². The van der Waals surface area contributed by atoms with Crippen molar-refractivity contribution in [3.63, 3.8) is 0 Å². The number of amidine groups is 1. The highest BCUT2D eigenvalue weighted by molar-refractivity contribution is 7.90. The predicted molar refractivity (Wildman–Crippen MR) is 96.6 cm³/mol. The van der Waals surface area contributed by atoms with Crippen LogP contribution in [0.5, 0.6) is 0 Å². The van der Waals surface area contributed by atoms with E-state index < -0.39 is 11.4 Å². The Balaban J connectivity index is 1.59. The topological polar surface area (TPSA) is 89.9 Å². The van der Waals surface area contributed by atoms with Crippen LogP contribution in [0.4, 0.5) is 0 Å². The molecule has 1 saturated carbocycles. The molecule has 1 aliphatic carbocycles. The molecule has 4 rings (SSSR count). The van der Waals surface area contributed by atoms with Crippen LogP contribution in [-0.2, 0) is 20.9 Å². The third-order valence-electron chi connectivity index (χ3n) is 4.41. The van der Waals surface area contributed by atoms with E-state index in [4.69, 9.17) is 4.74 Å².